The summed E-state index contributed by atoms with van der Waals surface area (Å²) in [5, 5.41) is 12.0. The summed E-state index contributed by atoms with van der Waals surface area (Å²) < 4.78 is 16.8. The molecule has 5 rings (SSSR count). The van der Waals surface area contributed by atoms with Gasteiger partial charge in [0.1, 0.15) is 12.7 Å². The number of nitrogens with zero attached hydrogens (tertiary/aromatic N) is 5. The van der Waals surface area contributed by atoms with Gasteiger partial charge in [-0.15, -0.1) is 0 Å². The number of carboxylic acids is 1. The first-order valence-corrected chi connectivity index (χ1v) is 10.7. The molecule has 33 heavy (non-hydrogen) atoms. The van der Waals surface area contributed by atoms with E-state index in [1.807, 2.05) is 13.8 Å². The van der Waals surface area contributed by atoms with Crippen molar-refractivity contribution in [3.63, 3.8) is 0 Å². The molecule has 2 N–H and O–H groups in total. The van der Waals surface area contributed by atoms with Crippen molar-refractivity contribution in [3.05, 3.63) is 30.2 Å². The predicted molar refractivity (Wildman–Crippen MR) is 116 cm³/mol. The van der Waals surface area contributed by atoms with Gasteiger partial charge in [0.05, 0.1) is 30.7 Å². The van der Waals surface area contributed by atoms with E-state index < -0.39 is 17.8 Å². The molecule has 0 aliphatic carbocycles. The van der Waals surface area contributed by atoms with E-state index in [2.05, 4.69) is 25.2 Å². The number of fused-ring (bicyclic) bond motifs is 4. The summed E-state index contributed by atoms with van der Waals surface area (Å²) in [6.45, 7) is 5.81. The Morgan fingerprint density at radius 3 is 2.85 bits per heavy atom. The van der Waals surface area contributed by atoms with Gasteiger partial charge in [0.25, 0.3) is 0 Å². The van der Waals surface area contributed by atoms with Crippen LogP contribution in [0.25, 0.3) is 0 Å². The van der Waals surface area contributed by atoms with Crippen LogP contribution in [-0.2, 0) is 9.47 Å². The minimum Gasteiger partial charge on any atom is -0.477 e. The Labute approximate surface area is 189 Å². The minimum absolute atomic E-state index is 0.109. The molecule has 2 bridgehead atoms. The smallest absolute Gasteiger partial charge is 0.354 e. The fraction of sp³-hybridized carbons (Fsp3) is 0.476. The van der Waals surface area contributed by atoms with E-state index in [0.29, 0.717) is 24.8 Å². The Balaban J connectivity index is 1.26. The monoisotopic (exact) mass is 456 g/mol. The highest BCUT2D eigenvalue weighted by atomic mass is 16.7. The van der Waals surface area contributed by atoms with Crippen LogP contribution in [0.4, 0.5) is 22.1 Å². The molecule has 5 heterocycles. The van der Waals surface area contributed by atoms with E-state index in [0.717, 1.165) is 18.7 Å². The lowest BCUT2D eigenvalue weighted by atomic mass is 10.2. The zero-order valence-electron chi connectivity index (χ0n) is 18.2. The molecule has 0 aromatic carbocycles. The molecular formula is C21H24N6O6. The van der Waals surface area contributed by atoms with Gasteiger partial charge in [0, 0.05) is 13.1 Å². The molecular weight excluding hydrogens is 432 g/mol. The standard InChI is InChI=1S/C21H24N6O6/c1-21(2)32-11-13(33-21)10-31-17-8-22-16(7-23-17)25-20(30)27-12-5-6-26(9-12)15-4-3-14(19(28)29)24-18(15)27/h3-4,7-8,12-13H,5-6,9-11H2,1-2H3,(H,28,29)(H,22,25,30)/t12-,13-/m0/s1. The largest absolute Gasteiger partial charge is 0.477 e. The number of hydrogen-bond acceptors (Lipinski definition) is 9. The van der Waals surface area contributed by atoms with Crippen molar-refractivity contribution in [2.24, 2.45) is 0 Å². The number of hydrogen-bond donors (Lipinski definition) is 2. The van der Waals surface area contributed by atoms with Crippen LogP contribution in [0.3, 0.4) is 0 Å². The first-order chi connectivity index (χ1) is 15.8. The van der Waals surface area contributed by atoms with Gasteiger partial charge in [-0.05, 0) is 32.4 Å². The highest BCUT2D eigenvalue weighted by molar-refractivity contribution is 6.04. The Morgan fingerprint density at radius 2 is 2.15 bits per heavy atom. The van der Waals surface area contributed by atoms with Crippen molar-refractivity contribution >= 4 is 29.3 Å². The summed E-state index contributed by atoms with van der Waals surface area (Å²) >= 11 is 0. The fourth-order valence-electron chi connectivity index (χ4n) is 4.24. The maximum absolute atomic E-state index is 13.1. The number of nitrogens with one attached hydrogen (secondary N) is 1. The Morgan fingerprint density at radius 1 is 1.30 bits per heavy atom. The number of aromatic nitrogens is 3. The average Bonchev–Trinajstić information content (AvgIpc) is 3.36. The van der Waals surface area contributed by atoms with Crippen molar-refractivity contribution in [1.82, 2.24) is 15.0 Å². The van der Waals surface area contributed by atoms with Crippen LogP contribution in [0.5, 0.6) is 5.88 Å². The van der Waals surface area contributed by atoms with E-state index in [1.54, 1.807) is 6.07 Å². The summed E-state index contributed by atoms with van der Waals surface area (Å²) in [5.41, 5.74) is 0.621. The maximum atomic E-state index is 13.1. The predicted octanol–water partition coefficient (Wildman–Crippen LogP) is 1.73. The average molecular weight is 456 g/mol. The molecule has 0 spiro atoms. The molecule has 3 aliphatic rings. The number of carbonyl (C=O) groups excluding carboxylic acids is 1. The molecule has 2 atom stereocenters. The lowest BCUT2D eigenvalue weighted by Gasteiger charge is -2.35. The molecule has 0 unspecified atom stereocenters. The Hall–Kier alpha value is -3.51. The van der Waals surface area contributed by atoms with Crippen LogP contribution in [0.1, 0.15) is 30.8 Å². The molecule has 174 valence electrons. The van der Waals surface area contributed by atoms with Crippen LogP contribution in [-0.4, -0.2) is 76.3 Å². The van der Waals surface area contributed by atoms with E-state index in [-0.39, 0.29) is 30.3 Å². The molecule has 12 nitrogen and oxygen atoms in total. The molecule has 0 saturated carbocycles. The highest BCUT2D eigenvalue weighted by Crippen LogP contribution is 2.39. The van der Waals surface area contributed by atoms with Crippen LogP contribution in [0.2, 0.25) is 0 Å². The van der Waals surface area contributed by atoms with Crippen molar-refractivity contribution < 1.29 is 28.9 Å². The van der Waals surface area contributed by atoms with Gasteiger partial charge in [-0.1, -0.05) is 0 Å². The number of ether oxygens (including phenoxy) is 3. The number of carbonyl (C=O) groups is 2. The third-order valence-electron chi connectivity index (χ3n) is 5.74. The highest BCUT2D eigenvalue weighted by Gasteiger charge is 2.40. The van der Waals surface area contributed by atoms with Crippen molar-refractivity contribution in [1.29, 1.82) is 0 Å². The molecule has 2 fully saturated rings. The summed E-state index contributed by atoms with van der Waals surface area (Å²) in [7, 11) is 0. The number of aromatic carboxylic acids is 1. The molecule has 3 aliphatic heterocycles. The number of anilines is 3. The first-order valence-electron chi connectivity index (χ1n) is 10.7. The summed E-state index contributed by atoms with van der Waals surface area (Å²) in [6.07, 6.45) is 3.37. The number of urea groups is 1. The first kappa shape index (κ1) is 21.3. The van der Waals surface area contributed by atoms with Crippen LogP contribution >= 0.6 is 0 Å². The minimum atomic E-state index is -1.15. The molecule has 2 saturated heterocycles. The second-order valence-corrected chi connectivity index (χ2v) is 8.53. The lowest BCUT2D eigenvalue weighted by molar-refractivity contribution is -0.141. The molecule has 2 aromatic rings. The van der Waals surface area contributed by atoms with Gasteiger partial charge in [0.2, 0.25) is 5.88 Å². The van der Waals surface area contributed by atoms with Crippen LogP contribution < -0.4 is 19.9 Å². The topological polar surface area (TPSA) is 139 Å². The summed E-state index contributed by atoms with van der Waals surface area (Å²) in [6, 6.07) is 2.59. The molecule has 12 heteroatoms. The maximum Gasteiger partial charge on any atom is 0.354 e. The van der Waals surface area contributed by atoms with Gasteiger partial charge in [-0.25, -0.2) is 24.5 Å². The normalized spacial score (nSPS) is 22.7. The van der Waals surface area contributed by atoms with E-state index in [4.69, 9.17) is 14.2 Å². The number of rotatable bonds is 5. The van der Waals surface area contributed by atoms with E-state index in [1.165, 1.54) is 23.4 Å². The Bertz CT molecular complexity index is 1080. The van der Waals surface area contributed by atoms with E-state index in [9.17, 15) is 14.7 Å². The summed E-state index contributed by atoms with van der Waals surface area (Å²) in [5.74, 6) is -0.910. The van der Waals surface area contributed by atoms with Gasteiger partial charge >= 0.3 is 12.0 Å². The van der Waals surface area contributed by atoms with E-state index >= 15 is 0 Å². The number of amides is 2. The zero-order valence-corrected chi connectivity index (χ0v) is 18.2. The van der Waals surface area contributed by atoms with Crippen molar-refractivity contribution in [3.8, 4) is 5.88 Å². The van der Waals surface area contributed by atoms with Crippen molar-refractivity contribution in [2.75, 3.05) is 41.4 Å². The summed E-state index contributed by atoms with van der Waals surface area (Å²) in [4.78, 5) is 40.8. The molecule has 0 radical (unpaired) electrons. The third kappa shape index (κ3) is 4.26. The Kier molecular flexibility index (Phi) is 5.25. The number of pyridine rings is 1. The lowest BCUT2D eigenvalue weighted by Crippen LogP contribution is -2.48. The van der Waals surface area contributed by atoms with Crippen molar-refractivity contribution in [2.45, 2.75) is 38.2 Å². The quantitative estimate of drug-likeness (QED) is 0.684. The van der Waals surface area contributed by atoms with Crippen LogP contribution in [0, 0.1) is 0 Å². The zero-order chi connectivity index (χ0) is 23.2. The van der Waals surface area contributed by atoms with Gasteiger partial charge in [-0.3, -0.25) is 10.2 Å². The number of carboxylic acid groups (broad SMARTS) is 1. The fourth-order valence-corrected chi connectivity index (χ4v) is 4.24. The molecule has 2 amide bonds. The van der Waals surface area contributed by atoms with Gasteiger partial charge < -0.3 is 24.2 Å². The van der Waals surface area contributed by atoms with Crippen LogP contribution in [0.15, 0.2) is 24.5 Å². The SMILES string of the molecule is CC1(C)OC[C@H](COc2cnc(NC(=O)N3c4nc(C(=O)O)ccc4N4CC[C@H]3C4)cn2)O1. The third-order valence-corrected chi connectivity index (χ3v) is 5.74. The second kappa shape index (κ2) is 8.12. The van der Waals surface area contributed by atoms with Gasteiger partial charge in [-0.2, -0.15) is 0 Å². The second-order valence-electron chi connectivity index (χ2n) is 8.53. The molecule has 2 aromatic heterocycles. The van der Waals surface area contributed by atoms with Gasteiger partial charge in [0.15, 0.2) is 23.1 Å².